The Morgan fingerprint density at radius 3 is 2.40 bits per heavy atom. The third-order valence-corrected chi connectivity index (χ3v) is 5.13. The molecule has 0 saturated carbocycles. The summed E-state index contributed by atoms with van der Waals surface area (Å²) in [5.41, 5.74) is 2.22. The van der Waals surface area contributed by atoms with E-state index in [9.17, 15) is 4.79 Å². The Balaban J connectivity index is 1.42. The van der Waals surface area contributed by atoms with Crippen LogP contribution in [0.2, 0.25) is 0 Å². The lowest BCUT2D eigenvalue weighted by Crippen LogP contribution is -2.49. The molecule has 1 amide bonds. The van der Waals surface area contributed by atoms with Crippen LogP contribution in [-0.4, -0.2) is 66.4 Å². The van der Waals surface area contributed by atoms with Crippen LogP contribution in [0.1, 0.15) is 10.4 Å². The van der Waals surface area contributed by atoms with Gasteiger partial charge < -0.3 is 19.3 Å². The lowest BCUT2D eigenvalue weighted by molar-refractivity contribution is 0.0742. The molecule has 154 valence electrons. The molecule has 1 fully saturated rings. The van der Waals surface area contributed by atoms with Crippen LogP contribution in [0.3, 0.4) is 0 Å². The summed E-state index contributed by atoms with van der Waals surface area (Å²) in [4.78, 5) is 21.1. The predicted octanol–water partition coefficient (Wildman–Crippen LogP) is 2.52. The Bertz CT molecular complexity index is 1000. The van der Waals surface area contributed by atoms with Crippen LogP contribution in [0.15, 0.2) is 54.9 Å². The first-order valence-electron chi connectivity index (χ1n) is 9.70. The highest BCUT2D eigenvalue weighted by molar-refractivity contribution is 5.98. The zero-order valence-corrected chi connectivity index (χ0v) is 17.0. The first-order chi connectivity index (χ1) is 14.7. The van der Waals surface area contributed by atoms with Crippen molar-refractivity contribution in [3.05, 3.63) is 60.4 Å². The molecule has 0 atom stereocenters. The number of hydrogen-bond donors (Lipinski definition) is 0. The smallest absolute Gasteiger partial charge is 0.257 e. The summed E-state index contributed by atoms with van der Waals surface area (Å²) in [6.07, 6.45) is 3.49. The summed E-state index contributed by atoms with van der Waals surface area (Å²) < 4.78 is 10.7. The van der Waals surface area contributed by atoms with Crippen LogP contribution in [0.5, 0.6) is 11.5 Å². The number of nitrogens with zero attached hydrogens (tertiary/aromatic N) is 5. The van der Waals surface area contributed by atoms with Crippen LogP contribution in [0.4, 0.5) is 5.82 Å². The van der Waals surface area contributed by atoms with Crippen molar-refractivity contribution in [2.75, 3.05) is 45.3 Å². The third kappa shape index (κ3) is 3.89. The molecule has 1 aromatic carbocycles. The summed E-state index contributed by atoms with van der Waals surface area (Å²) in [5, 5.41) is 8.69. The fraction of sp³-hybridized carbons (Fsp3) is 0.273. The van der Waals surface area contributed by atoms with Crippen molar-refractivity contribution in [3.63, 3.8) is 0 Å². The highest BCUT2D eigenvalue weighted by Gasteiger charge is 2.26. The van der Waals surface area contributed by atoms with Gasteiger partial charge in [-0.05, 0) is 36.4 Å². The van der Waals surface area contributed by atoms with E-state index in [0.717, 1.165) is 17.1 Å². The molecule has 8 nitrogen and oxygen atoms in total. The number of ether oxygens (including phenoxy) is 2. The van der Waals surface area contributed by atoms with E-state index in [2.05, 4.69) is 20.1 Å². The Morgan fingerprint density at radius 1 is 0.933 bits per heavy atom. The maximum absolute atomic E-state index is 13.0. The first kappa shape index (κ1) is 19.6. The highest BCUT2D eigenvalue weighted by atomic mass is 16.5. The lowest BCUT2D eigenvalue weighted by Gasteiger charge is -2.35. The van der Waals surface area contributed by atoms with Gasteiger partial charge in [-0.1, -0.05) is 6.07 Å². The Hall–Kier alpha value is -3.68. The molecule has 4 rings (SSSR count). The first-order valence-corrected chi connectivity index (χ1v) is 9.70. The highest BCUT2D eigenvalue weighted by Crippen LogP contribution is 2.31. The molecule has 8 heteroatoms. The number of pyridine rings is 1. The Kier molecular flexibility index (Phi) is 5.74. The average Bonchev–Trinajstić information content (AvgIpc) is 2.83. The molecule has 0 aliphatic carbocycles. The minimum Gasteiger partial charge on any atom is -0.493 e. The summed E-state index contributed by atoms with van der Waals surface area (Å²) in [7, 11) is 3.10. The average molecular weight is 405 g/mol. The van der Waals surface area contributed by atoms with Crippen molar-refractivity contribution in [2.24, 2.45) is 0 Å². The maximum Gasteiger partial charge on any atom is 0.257 e. The molecule has 1 aliphatic rings. The minimum atomic E-state index is -0.0663. The van der Waals surface area contributed by atoms with E-state index in [1.165, 1.54) is 0 Å². The molecule has 0 spiro atoms. The fourth-order valence-electron chi connectivity index (χ4n) is 3.53. The number of carbonyl (C=O) groups excluding carboxylic acids is 1. The van der Waals surface area contributed by atoms with Crippen molar-refractivity contribution in [2.45, 2.75) is 0 Å². The number of piperazine rings is 1. The van der Waals surface area contributed by atoms with Gasteiger partial charge in [0.2, 0.25) is 0 Å². The van der Waals surface area contributed by atoms with E-state index >= 15 is 0 Å². The normalized spacial score (nSPS) is 13.8. The van der Waals surface area contributed by atoms with Crippen LogP contribution in [0, 0.1) is 0 Å². The summed E-state index contributed by atoms with van der Waals surface area (Å²) in [5.74, 6) is 1.74. The minimum absolute atomic E-state index is 0.0663. The van der Waals surface area contributed by atoms with Gasteiger partial charge >= 0.3 is 0 Å². The number of aromatic nitrogens is 3. The number of methoxy groups -OCH3 is 2. The summed E-state index contributed by atoms with van der Waals surface area (Å²) in [6, 6.07) is 13.1. The number of anilines is 1. The van der Waals surface area contributed by atoms with Gasteiger partial charge in [-0.25, -0.2) is 0 Å². The van der Waals surface area contributed by atoms with Crippen LogP contribution in [-0.2, 0) is 0 Å². The molecule has 1 aliphatic heterocycles. The van der Waals surface area contributed by atoms with Gasteiger partial charge in [0.1, 0.15) is 0 Å². The second kappa shape index (κ2) is 8.77. The van der Waals surface area contributed by atoms with Gasteiger partial charge in [-0.2, -0.15) is 0 Å². The van der Waals surface area contributed by atoms with Crippen molar-refractivity contribution >= 4 is 11.7 Å². The van der Waals surface area contributed by atoms with E-state index in [1.807, 2.05) is 29.2 Å². The molecule has 0 N–H and O–H groups in total. The molecule has 0 unspecified atom stereocenters. The van der Waals surface area contributed by atoms with Gasteiger partial charge in [-0.15, -0.1) is 10.2 Å². The topological polar surface area (TPSA) is 80.7 Å². The van der Waals surface area contributed by atoms with E-state index in [0.29, 0.717) is 43.2 Å². The van der Waals surface area contributed by atoms with Crippen molar-refractivity contribution in [3.8, 4) is 22.8 Å². The van der Waals surface area contributed by atoms with E-state index in [4.69, 9.17) is 9.47 Å². The van der Waals surface area contributed by atoms with Gasteiger partial charge in [-0.3, -0.25) is 9.78 Å². The fourth-order valence-corrected chi connectivity index (χ4v) is 3.53. The SMILES string of the molecule is COc1cccc(C(=O)N2CCN(c3ccc(-c4cccnc4)nn3)CC2)c1OC. The zero-order chi connectivity index (χ0) is 20.9. The number of hydrogen-bond acceptors (Lipinski definition) is 7. The molecular formula is C22H23N5O3. The molecule has 1 saturated heterocycles. The Morgan fingerprint density at radius 2 is 1.77 bits per heavy atom. The second-order valence-corrected chi connectivity index (χ2v) is 6.84. The van der Waals surface area contributed by atoms with Crippen LogP contribution < -0.4 is 14.4 Å². The molecule has 2 aromatic heterocycles. The predicted molar refractivity (Wildman–Crippen MR) is 113 cm³/mol. The van der Waals surface area contributed by atoms with E-state index < -0.39 is 0 Å². The zero-order valence-electron chi connectivity index (χ0n) is 17.0. The standard InChI is InChI=1S/C22H23N5O3/c1-29-19-7-3-6-17(21(19)30-2)22(28)27-13-11-26(12-14-27)20-9-8-18(24-25-20)16-5-4-10-23-15-16/h3-10,15H,11-14H2,1-2H3. The van der Waals surface area contributed by atoms with Crippen molar-refractivity contribution in [1.82, 2.24) is 20.1 Å². The molecule has 0 radical (unpaired) electrons. The number of rotatable bonds is 5. The summed E-state index contributed by atoms with van der Waals surface area (Å²) in [6.45, 7) is 2.54. The van der Waals surface area contributed by atoms with Gasteiger partial charge in [0.15, 0.2) is 17.3 Å². The number of benzene rings is 1. The lowest BCUT2D eigenvalue weighted by atomic mass is 10.1. The number of para-hydroxylation sites is 1. The van der Waals surface area contributed by atoms with Crippen LogP contribution >= 0.6 is 0 Å². The molecular weight excluding hydrogens is 382 g/mol. The number of carbonyl (C=O) groups is 1. The number of amides is 1. The van der Waals surface area contributed by atoms with Crippen molar-refractivity contribution in [1.29, 1.82) is 0 Å². The van der Waals surface area contributed by atoms with Gasteiger partial charge in [0, 0.05) is 44.1 Å². The quantitative estimate of drug-likeness (QED) is 0.645. The second-order valence-electron chi connectivity index (χ2n) is 6.84. The summed E-state index contributed by atoms with van der Waals surface area (Å²) >= 11 is 0. The molecule has 0 bridgehead atoms. The Labute approximate surface area is 175 Å². The molecule has 3 aromatic rings. The van der Waals surface area contributed by atoms with Crippen LogP contribution in [0.25, 0.3) is 11.3 Å². The molecule has 3 heterocycles. The monoisotopic (exact) mass is 405 g/mol. The molecule has 30 heavy (non-hydrogen) atoms. The van der Waals surface area contributed by atoms with Gasteiger partial charge in [0.25, 0.3) is 5.91 Å². The van der Waals surface area contributed by atoms with Crippen molar-refractivity contribution < 1.29 is 14.3 Å². The third-order valence-electron chi connectivity index (χ3n) is 5.13. The van der Waals surface area contributed by atoms with E-state index in [-0.39, 0.29) is 5.91 Å². The van der Waals surface area contributed by atoms with E-state index in [1.54, 1.807) is 44.8 Å². The van der Waals surface area contributed by atoms with Gasteiger partial charge in [0.05, 0.1) is 25.5 Å². The maximum atomic E-state index is 13.0. The largest absolute Gasteiger partial charge is 0.493 e.